The summed E-state index contributed by atoms with van der Waals surface area (Å²) < 4.78 is 0. The Morgan fingerprint density at radius 3 is 2.56 bits per heavy atom. The minimum absolute atomic E-state index is 0.0246. The Labute approximate surface area is 104 Å². The number of carbonyl (C=O) groups excluding carboxylic acids is 1. The first-order chi connectivity index (χ1) is 8.32. The predicted octanol–water partition coefficient (Wildman–Crippen LogP) is 0.432. The number of nitrogens with one attached hydrogen (secondary N) is 1. The number of aliphatic carboxylic acids is 1. The third kappa shape index (κ3) is 4.00. The number of amides is 1. The highest BCUT2D eigenvalue weighted by molar-refractivity contribution is 5.96. The van der Waals surface area contributed by atoms with Gasteiger partial charge in [-0.1, -0.05) is 0 Å². The molecule has 1 amide bonds. The zero-order chi connectivity index (χ0) is 13.8. The Hall–Kier alpha value is -2.18. The lowest BCUT2D eigenvalue weighted by molar-refractivity contribution is -0.137. The average molecular weight is 252 g/mol. The molecule has 0 radical (unpaired) electrons. The molecular weight excluding hydrogens is 236 g/mol. The van der Waals surface area contributed by atoms with Crippen LogP contribution in [0.5, 0.6) is 0 Å². The summed E-state index contributed by atoms with van der Waals surface area (Å²) in [6.07, 6.45) is 3.05. The van der Waals surface area contributed by atoms with Crippen LogP contribution in [-0.4, -0.2) is 32.5 Å². The second-order valence-corrected chi connectivity index (χ2v) is 4.52. The molecule has 18 heavy (non-hydrogen) atoms. The summed E-state index contributed by atoms with van der Waals surface area (Å²) in [7, 11) is 0. The van der Waals surface area contributed by atoms with Crippen LogP contribution in [0, 0.1) is 0 Å². The molecule has 1 heterocycles. The van der Waals surface area contributed by atoms with E-state index in [1.807, 2.05) is 0 Å². The zero-order valence-corrected chi connectivity index (χ0v) is 10.3. The summed E-state index contributed by atoms with van der Waals surface area (Å²) in [6.45, 7) is 3.47. The van der Waals surface area contributed by atoms with Gasteiger partial charge in [-0.15, -0.1) is 0 Å². The molecule has 98 valence electrons. The molecule has 0 unspecified atom stereocenters. The summed E-state index contributed by atoms with van der Waals surface area (Å²) in [5, 5.41) is 11.3. The standard InChI is InChI=1S/C11H16N4O3/c1-11(2,4-3-7(16)17)15-10(18)8-9(12)14-6-5-13-8/h5-6H,3-4H2,1-2H3,(H2,12,14)(H,15,18)(H,16,17). The fourth-order valence-electron chi connectivity index (χ4n) is 1.37. The second kappa shape index (κ2) is 5.44. The summed E-state index contributed by atoms with van der Waals surface area (Å²) in [4.78, 5) is 30.0. The molecule has 4 N–H and O–H groups in total. The first-order valence-electron chi connectivity index (χ1n) is 5.42. The number of rotatable bonds is 5. The van der Waals surface area contributed by atoms with Crippen molar-refractivity contribution >= 4 is 17.7 Å². The Kier molecular flexibility index (Phi) is 4.19. The summed E-state index contributed by atoms with van der Waals surface area (Å²) in [5.41, 5.74) is 4.92. The van der Waals surface area contributed by atoms with Gasteiger partial charge in [0.2, 0.25) is 0 Å². The molecule has 0 bridgehead atoms. The van der Waals surface area contributed by atoms with Crippen molar-refractivity contribution in [3.63, 3.8) is 0 Å². The lowest BCUT2D eigenvalue weighted by Crippen LogP contribution is -2.44. The number of hydrogen-bond acceptors (Lipinski definition) is 5. The second-order valence-electron chi connectivity index (χ2n) is 4.52. The molecule has 1 rings (SSSR count). The summed E-state index contributed by atoms with van der Waals surface area (Å²) in [6, 6.07) is 0. The molecule has 0 saturated heterocycles. The van der Waals surface area contributed by atoms with Crippen LogP contribution in [0.15, 0.2) is 12.4 Å². The number of carboxylic acid groups (broad SMARTS) is 1. The lowest BCUT2D eigenvalue weighted by Gasteiger charge is -2.25. The van der Waals surface area contributed by atoms with E-state index < -0.39 is 17.4 Å². The lowest BCUT2D eigenvalue weighted by atomic mass is 9.98. The van der Waals surface area contributed by atoms with E-state index in [1.54, 1.807) is 13.8 Å². The molecule has 0 atom stereocenters. The van der Waals surface area contributed by atoms with Crippen LogP contribution < -0.4 is 11.1 Å². The van der Waals surface area contributed by atoms with Gasteiger partial charge in [0.1, 0.15) is 0 Å². The molecule has 0 spiro atoms. The molecule has 1 aromatic rings. The monoisotopic (exact) mass is 252 g/mol. The van der Waals surface area contributed by atoms with Crippen molar-refractivity contribution in [1.29, 1.82) is 0 Å². The Balaban J connectivity index is 2.69. The number of nitrogen functional groups attached to an aromatic ring is 1. The van der Waals surface area contributed by atoms with Crippen molar-refractivity contribution in [1.82, 2.24) is 15.3 Å². The number of nitrogens with zero attached hydrogens (tertiary/aromatic N) is 2. The third-order valence-electron chi connectivity index (χ3n) is 2.36. The number of anilines is 1. The van der Waals surface area contributed by atoms with Gasteiger partial charge in [0.25, 0.3) is 5.91 Å². The van der Waals surface area contributed by atoms with Gasteiger partial charge in [-0.05, 0) is 20.3 Å². The largest absolute Gasteiger partial charge is 0.481 e. The number of hydrogen-bond donors (Lipinski definition) is 3. The molecule has 0 aliphatic carbocycles. The van der Waals surface area contributed by atoms with Crippen LogP contribution in [0.25, 0.3) is 0 Å². The fourth-order valence-corrected chi connectivity index (χ4v) is 1.37. The fraction of sp³-hybridized carbons (Fsp3) is 0.455. The molecule has 0 aliphatic heterocycles. The van der Waals surface area contributed by atoms with E-state index in [2.05, 4.69) is 15.3 Å². The SMILES string of the molecule is CC(C)(CCC(=O)O)NC(=O)c1nccnc1N. The van der Waals surface area contributed by atoms with Crippen LogP contribution in [0.1, 0.15) is 37.2 Å². The third-order valence-corrected chi connectivity index (χ3v) is 2.36. The van der Waals surface area contributed by atoms with Crippen molar-refractivity contribution < 1.29 is 14.7 Å². The first kappa shape index (κ1) is 13.9. The Bertz CT molecular complexity index is 459. The highest BCUT2D eigenvalue weighted by Crippen LogP contribution is 2.13. The predicted molar refractivity (Wildman–Crippen MR) is 64.9 cm³/mol. The quantitative estimate of drug-likeness (QED) is 0.699. The molecule has 0 aromatic carbocycles. The summed E-state index contributed by atoms with van der Waals surface area (Å²) in [5.74, 6) is -1.32. The van der Waals surface area contributed by atoms with Gasteiger partial charge in [0.15, 0.2) is 11.5 Å². The van der Waals surface area contributed by atoms with Gasteiger partial charge >= 0.3 is 5.97 Å². The van der Waals surface area contributed by atoms with Gasteiger partial charge in [-0.3, -0.25) is 9.59 Å². The minimum atomic E-state index is -0.906. The molecule has 7 heteroatoms. The van der Waals surface area contributed by atoms with E-state index in [4.69, 9.17) is 10.8 Å². The van der Waals surface area contributed by atoms with Crippen molar-refractivity contribution in [2.45, 2.75) is 32.2 Å². The van der Waals surface area contributed by atoms with E-state index >= 15 is 0 Å². The van der Waals surface area contributed by atoms with Crippen LogP contribution in [-0.2, 0) is 4.79 Å². The topological polar surface area (TPSA) is 118 Å². The smallest absolute Gasteiger partial charge is 0.303 e. The highest BCUT2D eigenvalue weighted by atomic mass is 16.4. The molecule has 7 nitrogen and oxygen atoms in total. The van der Waals surface area contributed by atoms with Gasteiger partial charge in [0.05, 0.1) is 0 Å². The van der Waals surface area contributed by atoms with E-state index in [0.29, 0.717) is 6.42 Å². The Morgan fingerprint density at radius 2 is 2.00 bits per heavy atom. The van der Waals surface area contributed by atoms with E-state index in [1.165, 1.54) is 12.4 Å². The Morgan fingerprint density at radius 1 is 1.39 bits per heavy atom. The molecule has 1 aromatic heterocycles. The van der Waals surface area contributed by atoms with Crippen molar-refractivity contribution in [2.75, 3.05) is 5.73 Å². The van der Waals surface area contributed by atoms with Gasteiger partial charge in [-0.25, -0.2) is 9.97 Å². The number of aromatic nitrogens is 2. The molecular formula is C11H16N4O3. The van der Waals surface area contributed by atoms with Gasteiger partial charge < -0.3 is 16.2 Å². The number of carbonyl (C=O) groups is 2. The maximum atomic E-state index is 11.9. The number of carboxylic acids is 1. The van der Waals surface area contributed by atoms with E-state index in [9.17, 15) is 9.59 Å². The van der Waals surface area contributed by atoms with Crippen LogP contribution in [0.4, 0.5) is 5.82 Å². The normalized spacial score (nSPS) is 11.0. The summed E-state index contributed by atoms with van der Waals surface area (Å²) >= 11 is 0. The number of nitrogens with two attached hydrogens (primary N) is 1. The average Bonchev–Trinajstić information content (AvgIpc) is 2.26. The zero-order valence-electron chi connectivity index (χ0n) is 10.3. The molecule has 0 fully saturated rings. The van der Waals surface area contributed by atoms with Crippen LogP contribution >= 0.6 is 0 Å². The maximum absolute atomic E-state index is 11.9. The minimum Gasteiger partial charge on any atom is -0.481 e. The first-order valence-corrected chi connectivity index (χ1v) is 5.42. The van der Waals surface area contributed by atoms with Crippen molar-refractivity contribution in [2.24, 2.45) is 0 Å². The van der Waals surface area contributed by atoms with Crippen molar-refractivity contribution in [3.8, 4) is 0 Å². The van der Waals surface area contributed by atoms with Gasteiger partial charge in [0, 0.05) is 24.4 Å². The van der Waals surface area contributed by atoms with E-state index in [-0.39, 0.29) is 17.9 Å². The maximum Gasteiger partial charge on any atom is 0.303 e. The van der Waals surface area contributed by atoms with Crippen LogP contribution in [0.2, 0.25) is 0 Å². The molecule has 0 saturated carbocycles. The van der Waals surface area contributed by atoms with E-state index in [0.717, 1.165) is 0 Å². The van der Waals surface area contributed by atoms with Gasteiger partial charge in [-0.2, -0.15) is 0 Å². The highest BCUT2D eigenvalue weighted by Gasteiger charge is 2.24. The van der Waals surface area contributed by atoms with Crippen molar-refractivity contribution in [3.05, 3.63) is 18.1 Å². The van der Waals surface area contributed by atoms with Crippen LogP contribution in [0.3, 0.4) is 0 Å². The molecule has 0 aliphatic rings.